The van der Waals surface area contributed by atoms with E-state index in [9.17, 15) is 9.59 Å². The molecule has 0 atom stereocenters. The zero-order valence-electron chi connectivity index (χ0n) is 9.83. The number of hydrogen-bond acceptors (Lipinski definition) is 3. The lowest BCUT2D eigenvalue weighted by Crippen LogP contribution is -2.20. The highest BCUT2D eigenvalue weighted by Crippen LogP contribution is 2.06. The van der Waals surface area contributed by atoms with Crippen molar-refractivity contribution in [2.24, 2.45) is 0 Å². The van der Waals surface area contributed by atoms with Crippen molar-refractivity contribution in [2.75, 3.05) is 0 Å². The number of aromatic carboxylic acids is 1. The number of aryl methyl sites for hydroxylation is 1. The van der Waals surface area contributed by atoms with Crippen LogP contribution in [0.15, 0.2) is 41.5 Å². The Morgan fingerprint density at radius 2 is 2.17 bits per heavy atom. The maximum Gasteiger partial charge on any atom is 0.335 e. The minimum atomic E-state index is -0.980. The summed E-state index contributed by atoms with van der Waals surface area (Å²) in [5, 5.41) is 8.89. The molecule has 0 aliphatic rings. The Labute approximate surface area is 103 Å². The van der Waals surface area contributed by atoms with Crippen molar-refractivity contribution >= 4 is 5.97 Å². The van der Waals surface area contributed by atoms with Crippen LogP contribution in [0.2, 0.25) is 0 Å². The van der Waals surface area contributed by atoms with Crippen molar-refractivity contribution in [2.45, 2.75) is 13.5 Å². The van der Waals surface area contributed by atoms with E-state index < -0.39 is 5.97 Å². The van der Waals surface area contributed by atoms with Crippen molar-refractivity contribution in [1.82, 2.24) is 9.55 Å². The van der Waals surface area contributed by atoms with Gasteiger partial charge in [-0.2, -0.15) is 0 Å². The summed E-state index contributed by atoms with van der Waals surface area (Å²) in [6.07, 6.45) is 1.46. The Balaban J connectivity index is 2.31. The predicted octanol–water partition coefficient (Wildman–Crippen LogP) is 1.30. The van der Waals surface area contributed by atoms with Gasteiger partial charge >= 0.3 is 5.97 Å². The third-order valence-corrected chi connectivity index (χ3v) is 2.54. The monoisotopic (exact) mass is 244 g/mol. The fraction of sp³-hybridized carbons (Fsp3) is 0.154. The lowest BCUT2D eigenvalue weighted by atomic mass is 10.1. The van der Waals surface area contributed by atoms with Gasteiger partial charge in [0.1, 0.15) is 0 Å². The van der Waals surface area contributed by atoms with Crippen molar-refractivity contribution in [3.8, 4) is 0 Å². The molecular formula is C13H12N2O3. The molecule has 5 nitrogen and oxygen atoms in total. The lowest BCUT2D eigenvalue weighted by Gasteiger charge is -2.06. The van der Waals surface area contributed by atoms with E-state index in [1.54, 1.807) is 25.1 Å². The zero-order valence-corrected chi connectivity index (χ0v) is 9.83. The molecule has 1 aromatic carbocycles. The first kappa shape index (κ1) is 12.0. The van der Waals surface area contributed by atoms with E-state index in [1.165, 1.54) is 23.0 Å². The van der Waals surface area contributed by atoms with Crippen molar-refractivity contribution in [3.05, 3.63) is 63.8 Å². The van der Waals surface area contributed by atoms with Gasteiger partial charge in [-0.15, -0.1) is 0 Å². The molecule has 0 aliphatic carbocycles. The van der Waals surface area contributed by atoms with Crippen LogP contribution in [0.5, 0.6) is 0 Å². The first-order valence-corrected chi connectivity index (χ1v) is 5.41. The van der Waals surface area contributed by atoms with Gasteiger partial charge in [0, 0.05) is 11.8 Å². The van der Waals surface area contributed by atoms with E-state index >= 15 is 0 Å². The number of carbonyl (C=O) groups is 1. The molecule has 0 spiro atoms. The van der Waals surface area contributed by atoms with E-state index in [4.69, 9.17) is 5.11 Å². The predicted molar refractivity (Wildman–Crippen MR) is 65.7 cm³/mol. The van der Waals surface area contributed by atoms with Gasteiger partial charge in [0.2, 0.25) is 0 Å². The third-order valence-electron chi connectivity index (χ3n) is 2.54. The number of benzene rings is 1. The normalized spacial score (nSPS) is 10.3. The van der Waals surface area contributed by atoms with Crippen molar-refractivity contribution < 1.29 is 9.90 Å². The van der Waals surface area contributed by atoms with E-state index in [0.29, 0.717) is 12.2 Å². The van der Waals surface area contributed by atoms with Crippen molar-refractivity contribution in [1.29, 1.82) is 0 Å². The molecule has 92 valence electrons. The van der Waals surface area contributed by atoms with Crippen LogP contribution in [0.4, 0.5) is 0 Å². The molecule has 18 heavy (non-hydrogen) atoms. The standard InChI is InChI=1S/C13H12N2O3/c1-9-5-12(16)15(8-14-9)7-10-3-2-4-11(6-10)13(17)18/h2-6,8H,7H2,1H3,(H,17,18). The minimum absolute atomic E-state index is 0.150. The molecule has 0 saturated heterocycles. The molecule has 0 radical (unpaired) electrons. The van der Waals surface area contributed by atoms with Crippen LogP contribution in [-0.4, -0.2) is 20.6 Å². The molecule has 1 N–H and O–H groups in total. The van der Waals surface area contributed by atoms with Gasteiger partial charge in [-0.25, -0.2) is 9.78 Å². The smallest absolute Gasteiger partial charge is 0.335 e. The highest BCUT2D eigenvalue weighted by Gasteiger charge is 2.04. The molecule has 0 amide bonds. The average molecular weight is 244 g/mol. The molecule has 0 bridgehead atoms. The first-order chi connectivity index (χ1) is 8.56. The topological polar surface area (TPSA) is 72.2 Å². The van der Waals surface area contributed by atoms with E-state index in [0.717, 1.165) is 5.56 Å². The van der Waals surface area contributed by atoms with Gasteiger partial charge in [0.25, 0.3) is 5.56 Å². The average Bonchev–Trinajstić information content (AvgIpc) is 2.33. The maximum absolute atomic E-state index is 11.7. The van der Waals surface area contributed by atoms with E-state index in [-0.39, 0.29) is 11.1 Å². The Kier molecular flexibility index (Phi) is 3.23. The van der Waals surface area contributed by atoms with Crippen LogP contribution >= 0.6 is 0 Å². The Hall–Kier alpha value is -2.43. The highest BCUT2D eigenvalue weighted by atomic mass is 16.4. The number of hydrogen-bond donors (Lipinski definition) is 1. The number of carboxylic acids is 1. The zero-order chi connectivity index (χ0) is 13.1. The number of aromatic nitrogens is 2. The summed E-state index contributed by atoms with van der Waals surface area (Å²) in [7, 11) is 0. The summed E-state index contributed by atoms with van der Waals surface area (Å²) in [5.41, 5.74) is 1.47. The Morgan fingerprint density at radius 3 is 2.83 bits per heavy atom. The highest BCUT2D eigenvalue weighted by molar-refractivity contribution is 5.87. The molecule has 5 heteroatoms. The lowest BCUT2D eigenvalue weighted by molar-refractivity contribution is 0.0696. The van der Waals surface area contributed by atoms with Gasteiger partial charge in [0.15, 0.2) is 0 Å². The fourth-order valence-electron chi connectivity index (χ4n) is 1.63. The first-order valence-electron chi connectivity index (χ1n) is 5.41. The number of carboxylic acid groups (broad SMARTS) is 1. The molecular weight excluding hydrogens is 232 g/mol. The van der Waals surface area contributed by atoms with E-state index in [2.05, 4.69) is 4.98 Å². The van der Waals surface area contributed by atoms with Crippen LogP contribution in [0.1, 0.15) is 21.6 Å². The van der Waals surface area contributed by atoms with Crippen LogP contribution < -0.4 is 5.56 Å². The summed E-state index contributed by atoms with van der Waals surface area (Å²) >= 11 is 0. The Morgan fingerprint density at radius 1 is 1.39 bits per heavy atom. The van der Waals surface area contributed by atoms with Crippen LogP contribution in [0.25, 0.3) is 0 Å². The SMILES string of the molecule is Cc1cc(=O)n(Cc2cccc(C(=O)O)c2)cn1. The van der Waals surface area contributed by atoms with Crippen molar-refractivity contribution in [3.63, 3.8) is 0 Å². The molecule has 1 heterocycles. The summed E-state index contributed by atoms with van der Waals surface area (Å²) in [4.78, 5) is 26.5. The second kappa shape index (κ2) is 4.83. The fourth-order valence-corrected chi connectivity index (χ4v) is 1.63. The molecule has 2 aromatic rings. The van der Waals surface area contributed by atoms with Gasteiger partial charge in [-0.05, 0) is 24.6 Å². The molecule has 0 saturated carbocycles. The molecule has 1 aromatic heterocycles. The van der Waals surface area contributed by atoms with Gasteiger partial charge in [-0.3, -0.25) is 9.36 Å². The summed E-state index contributed by atoms with van der Waals surface area (Å²) in [6, 6.07) is 7.95. The van der Waals surface area contributed by atoms with Crippen LogP contribution in [0, 0.1) is 6.92 Å². The molecule has 0 fully saturated rings. The molecule has 2 rings (SSSR count). The molecule has 0 aliphatic heterocycles. The van der Waals surface area contributed by atoms with E-state index in [1.807, 2.05) is 0 Å². The maximum atomic E-state index is 11.7. The summed E-state index contributed by atoms with van der Waals surface area (Å²) < 4.78 is 1.44. The second-order valence-electron chi connectivity index (χ2n) is 4.00. The minimum Gasteiger partial charge on any atom is -0.478 e. The van der Waals surface area contributed by atoms with Gasteiger partial charge in [0.05, 0.1) is 18.4 Å². The van der Waals surface area contributed by atoms with Crippen LogP contribution in [-0.2, 0) is 6.54 Å². The summed E-state index contributed by atoms with van der Waals surface area (Å²) in [5.74, 6) is -0.980. The Bertz CT molecular complexity index is 647. The van der Waals surface area contributed by atoms with Gasteiger partial charge in [-0.1, -0.05) is 12.1 Å². The second-order valence-corrected chi connectivity index (χ2v) is 4.00. The summed E-state index contributed by atoms with van der Waals surface area (Å²) in [6.45, 7) is 2.06. The largest absolute Gasteiger partial charge is 0.478 e. The third kappa shape index (κ3) is 2.63. The quantitative estimate of drug-likeness (QED) is 0.883. The molecule has 0 unspecified atom stereocenters. The van der Waals surface area contributed by atoms with Crippen LogP contribution in [0.3, 0.4) is 0 Å². The number of rotatable bonds is 3. The number of nitrogens with zero attached hydrogens (tertiary/aromatic N) is 2. The van der Waals surface area contributed by atoms with Gasteiger partial charge < -0.3 is 5.11 Å².